The van der Waals surface area contributed by atoms with Crippen molar-refractivity contribution >= 4 is 23.9 Å². The molecule has 3 N–H and O–H groups in total. The molecule has 6 atom stereocenters. The predicted octanol–water partition coefficient (Wildman–Crippen LogP) is 13.8. The Morgan fingerprint density at radius 2 is 0.887 bits per heavy atom. The first-order valence-electron chi connectivity index (χ1n) is 27.9. The fraction of sp³-hybridized carbons (Fsp3) is 0.729. The van der Waals surface area contributed by atoms with Crippen molar-refractivity contribution in [2.45, 2.75) is 263 Å². The van der Waals surface area contributed by atoms with Gasteiger partial charge in [-0.15, -0.1) is 0 Å². The molecule has 0 spiro atoms. The first-order valence-corrected chi connectivity index (χ1v) is 27.9. The van der Waals surface area contributed by atoms with Gasteiger partial charge < -0.3 is 39.0 Å². The maximum absolute atomic E-state index is 13.1. The molecule has 0 aliphatic carbocycles. The van der Waals surface area contributed by atoms with Crippen LogP contribution in [0.2, 0.25) is 0 Å². The van der Waals surface area contributed by atoms with Crippen molar-refractivity contribution in [3.63, 3.8) is 0 Å². The summed E-state index contributed by atoms with van der Waals surface area (Å²) in [5.41, 5.74) is 0. The van der Waals surface area contributed by atoms with Crippen LogP contribution < -0.4 is 0 Å². The fourth-order valence-corrected chi connectivity index (χ4v) is 7.98. The molecule has 406 valence electrons. The van der Waals surface area contributed by atoms with Crippen LogP contribution in [0.4, 0.5) is 0 Å². The average Bonchev–Trinajstić information content (AvgIpc) is 3.35. The maximum atomic E-state index is 13.1. The second-order valence-electron chi connectivity index (χ2n) is 18.8. The highest BCUT2D eigenvalue weighted by Crippen LogP contribution is 2.26. The Kier molecular flexibility index (Phi) is 43.3. The molecule has 1 aliphatic heterocycles. The Hall–Kier alpha value is -3.84. The van der Waals surface area contributed by atoms with E-state index in [0.29, 0.717) is 19.3 Å². The van der Waals surface area contributed by atoms with E-state index in [4.69, 9.17) is 23.7 Å². The van der Waals surface area contributed by atoms with Gasteiger partial charge in [-0.25, -0.2) is 4.79 Å². The summed E-state index contributed by atoms with van der Waals surface area (Å²) in [6.07, 6.45) is 46.1. The van der Waals surface area contributed by atoms with Gasteiger partial charge in [-0.05, 0) is 89.9 Å². The number of esters is 3. The summed E-state index contributed by atoms with van der Waals surface area (Å²) in [6.45, 7) is 5.78. The van der Waals surface area contributed by atoms with Gasteiger partial charge in [0.1, 0.15) is 18.8 Å². The Bertz CT molecular complexity index is 1510. The van der Waals surface area contributed by atoms with Crippen molar-refractivity contribution in [3.8, 4) is 0 Å². The first-order chi connectivity index (χ1) is 34.6. The number of allylic oxidation sites excluding steroid dienone is 12. The molecule has 6 unspecified atom stereocenters. The summed E-state index contributed by atoms with van der Waals surface area (Å²) in [5, 5.41) is 31.3. The number of aliphatic hydroxyl groups excluding tert-OH is 2. The van der Waals surface area contributed by atoms with E-state index in [1.165, 1.54) is 51.4 Å². The van der Waals surface area contributed by atoms with E-state index in [-0.39, 0.29) is 25.9 Å². The highest BCUT2D eigenvalue weighted by molar-refractivity contribution is 5.74. The van der Waals surface area contributed by atoms with Crippen LogP contribution in [0.5, 0.6) is 0 Å². The van der Waals surface area contributed by atoms with Gasteiger partial charge in [-0.1, -0.05) is 190 Å². The van der Waals surface area contributed by atoms with Crippen LogP contribution >= 0.6 is 0 Å². The van der Waals surface area contributed by atoms with Gasteiger partial charge in [-0.2, -0.15) is 0 Å². The molecule has 0 bridgehead atoms. The number of carbonyl (C=O) groups is 4. The van der Waals surface area contributed by atoms with Crippen molar-refractivity contribution in [2.24, 2.45) is 0 Å². The number of hydrogen-bond acceptors (Lipinski definition) is 11. The summed E-state index contributed by atoms with van der Waals surface area (Å²) in [7, 11) is 0. The van der Waals surface area contributed by atoms with Crippen LogP contribution in [-0.2, 0) is 42.9 Å². The Balaban J connectivity index is 2.71. The molecule has 71 heavy (non-hydrogen) atoms. The van der Waals surface area contributed by atoms with Gasteiger partial charge in [0.15, 0.2) is 24.6 Å². The van der Waals surface area contributed by atoms with Crippen molar-refractivity contribution in [1.29, 1.82) is 0 Å². The zero-order valence-corrected chi connectivity index (χ0v) is 44.4. The monoisotopic (exact) mass is 999 g/mol. The van der Waals surface area contributed by atoms with Crippen molar-refractivity contribution < 1.29 is 58.2 Å². The third-order valence-corrected chi connectivity index (χ3v) is 12.3. The Labute approximate surface area is 429 Å². The summed E-state index contributed by atoms with van der Waals surface area (Å²) >= 11 is 0. The third-order valence-electron chi connectivity index (χ3n) is 12.3. The van der Waals surface area contributed by atoms with Crippen LogP contribution in [0, 0.1) is 0 Å². The predicted molar refractivity (Wildman–Crippen MR) is 285 cm³/mol. The number of aliphatic hydroxyl groups is 2. The summed E-state index contributed by atoms with van der Waals surface area (Å²) in [4.78, 5) is 50.9. The van der Waals surface area contributed by atoms with Gasteiger partial charge in [0.05, 0.1) is 6.61 Å². The molecule has 0 amide bonds. The third kappa shape index (κ3) is 37.6. The number of aliphatic carboxylic acids is 1. The number of rotatable bonds is 46. The van der Waals surface area contributed by atoms with E-state index in [2.05, 4.69) is 93.7 Å². The standard InChI is InChI=1S/C59H98O12/c1-4-7-10-13-16-19-21-23-24-25-26-27-28-30-31-34-36-39-42-45-51(60)67-48-50(69-52(61)46-43-40-38-35-32-29-22-20-17-14-11-8-5-2)49-68-59-57(55(64)54(63)56(71-59)58(65)66)70-53(62)47-44-41-37-33-18-15-12-9-6-3/h7,10,16,19-20,22-24,26-27,30-31,50,54-57,59,63-64H,4-6,8-9,11-15,17-18,21,25,28-29,32-49H2,1-3H3,(H,65,66)/b10-7-,19-16-,22-20-,24-23-,27-26-,31-30-. The van der Waals surface area contributed by atoms with Crippen molar-refractivity contribution in [3.05, 3.63) is 72.9 Å². The molecule has 0 aromatic heterocycles. The number of carbonyl (C=O) groups excluding carboxylic acids is 3. The van der Waals surface area contributed by atoms with E-state index in [0.717, 1.165) is 116 Å². The number of hydrogen-bond donors (Lipinski definition) is 3. The van der Waals surface area contributed by atoms with Crippen LogP contribution in [0.1, 0.15) is 226 Å². The lowest BCUT2D eigenvalue weighted by molar-refractivity contribution is -0.301. The Morgan fingerprint density at radius 1 is 0.479 bits per heavy atom. The van der Waals surface area contributed by atoms with Crippen LogP contribution in [-0.4, -0.2) is 89.2 Å². The molecule has 0 aromatic carbocycles. The average molecular weight is 999 g/mol. The number of unbranched alkanes of at least 4 members (excludes halogenated alkanes) is 20. The minimum Gasteiger partial charge on any atom is -0.479 e. The number of carboxylic acids is 1. The maximum Gasteiger partial charge on any atom is 0.335 e. The zero-order chi connectivity index (χ0) is 51.8. The molecule has 0 aromatic rings. The topological polar surface area (TPSA) is 175 Å². The molecule has 0 radical (unpaired) electrons. The highest BCUT2D eigenvalue weighted by atomic mass is 16.7. The van der Waals surface area contributed by atoms with Crippen molar-refractivity contribution in [2.75, 3.05) is 13.2 Å². The van der Waals surface area contributed by atoms with Gasteiger partial charge in [-0.3, -0.25) is 14.4 Å². The zero-order valence-electron chi connectivity index (χ0n) is 44.4. The second kappa shape index (κ2) is 47.2. The van der Waals surface area contributed by atoms with Gasteiger partial charge in [0.2, 0.25) is 0 Å². The van der Waals surface area contributed by atoms with E-state index in [9.17, 15) is 34.5 Å². The Morgan fingerprint density at radius 3 is 1.39 bits per heavy atom. The van der Waals surface area contributed by atoms with E-state index in [1.54, 1.807) is 0 Å². The molecule has 1 rings (SSSR count). The lowest BCUT2D eigenvalue weighted by Gasteiger charge is -2.40. The molecule has 1 fully saturated rings. The SMILES string of the molecule is CC/C=C\C/C=C\C/C=C\C/C=C\C/C=C\CCCCCC(=O)OCC(COC1OC(C(=O)O)C(O)C(O)C1OC(=O)CCCCCCCCCCC)OC(=O)CCCCCCC/C=C\CCCCCC. The first kappa shape index (κ1) is 65.2. The molecule has 1 aliphatic rings. The van der Waals surface area contributed by atoms with E-state index in [1.807, 2.05) is 0 Å². The lowest BCUT2D eigenvalue weighted by atomic mass is 9.98. The highest BCUT2D eigenvalue weighted by Gasteiger charge is 2.50. The smallest absolute Gasteiger partial charge is 0.335 e. The normalized spacial score (nSPS) is 19.0. The summed E-state index contributed by atoms with van der Waals surface area (Å²) in [5.74, 6) is -3.18. The fourth-order valence-electron chi connectivity index (χ4n) is 7.98. The lowest BCUT2D eigenvalue weighted by Crippen LogP contribution is -2.61. The minimum absolute atomic E-state index is 0.0556. The summed E-state index contributed by atoms with van der Waals surface area (Å²) in [6, 6.07) is 0. The quantitative estimate of drug-likeness (QED) is 0.0228. The molecule has 12 heteroatoms. The molecule has 12 nitrogen and oxygen atoms in total. The molecule has 1 saturated heterocycles. The largest absolute Gasteiger partial charge is 0.479 e. The van der Waals surface area contributed by atoms with Gasteiger partial charge >= 0.3 is 23.9 Å². The van der Waals surface area contributed by atoms with E-state index >= 15 is 0 Å². The van der Waals surface area contributed by atoms with Crippen LogP contribution in [0.25, 0.3) is 0 Å². The molecular weight excluding hydrogens is 901 g/mol. The number of carboxylic acid groups (broad SMARTS) is 1. The van der Waals surface area contributed by atoms with Crippen LogP contribution in [0.15, 0.2) is 72.9 Å². The van der Waals surface area contributed by atoms with Gasteiger partial charge in [0, 0.05) is 19.3 Å². The summed E-state index contributed by atoms with van der Waals surface area (Å²) < 4.78 is 28.3. The molecule has 1 heterocycles. The molecular formula is C59H98O12. The van der Waals surface area contributed by atoms with E-state index < -0.39 is 67.3 Å². The van der Waals surface area contributed by atoms with Crippen LogP contribution in [0.3, 0.4) is 0 Å². The molecule has 0 saturated carbocycles. The number of ether oxygens (including phenoxy) is 5. The van der Waals surface area contributed by atoms with Gasteiger partial charge in [0.25, 0.3) is 0 Å². The van der Waals surface area contributed by atoms with Crippen molar-refractivity contribution in [1.82, 2.24) is 0 Å². The minimum atomic E-state index is -1.91. The second-order valence-corrected chi connectivity index (χ2v) is 18.8.